The van der Waals surface area contributed by atoms with Crippen molar-refractivity contribution >= 4 is 5.91 Å². The molecule has 3 heterocycles. The van der Waals surface area contributed by atoms with Crippen LogP contribution in [0.1, 0.15) is 42.1 Å². The summed E-state index contributed by atoms with van der Waals surface area (Å²) in [6.45, 7) is 0.549. The van der Waals surface area contributed by atoms with E-state index in [0.717, 1.165) is 18.5 Å². The average Bonchev–Trinajstić information content (AvgIpc) is 3.40. The molecule has 0 radical (unpaired) electrons. The van der Waals surface area contributed by atoms with E-state index in [2.05, 4.69) is 20.3 Å². The highest BCUT2D eigenvalue weighted by Gasteiger charge is 2.20. The zero-order valence-electron chi connectivity index (χ0n) is 14.7. The van der Waals surface area contributed by atoms with E-state index in [4.69, 9.17) is 8.94 Å². The number of nitrogens with zero attached hydrogens (tertiary/aromatic N) is 4. The van der Waals surface area contributed by atoms with E-state index in [1.165, 1.54) is 17.7 Å². The molecule has 0 saturated heterocycles. The number of H-pyrrole nitrogens is 1. The first-order valence-electron chi connectivity index (χ1n) is 8.86. The van der Waals surface area contributed by atoms with Crippen molar-refractivity contribution in [2.75, 3.05) is 7.05 Å². The van der Waals surface area contributed by atoms with Crippen LogP contribution in [-0.4, -0.2) is 38.2 Å². The molecule has 0 spiro atoms. The van der Waals surface area contributed by atoms with Gasteiger partial charge < -0.3 is 13.8 Å². The average molecular weight is 355 g/mol. The van der Waals surface area contributed by atoms with Crippen LogP contribution in [-0.2, 0) is 30.6 Å². The fourth-order valence-electron chi connectivity index (χ4n) is 3.28. The van der Waals surface area contributed by atoms with Crippen LogP contribution in [0.3, 0.4) is 0 Å². The number of hydrogen-bond acceptors (Lipinski definition) is 6. The maximum absolute atomic E-state index is 12.4. The Labute approximate surface area is 150 Å². The Morgan fingerprint density at radius 3 is 3.15 bits per heavy atom. The van der Waals surface area contributed by atoms with Crippen molar-refractivity contribution in [1.29, 1.82) is 0 Å². The first kappa shape index (κ1) is 16.6. The van der Waals surface area contributed by atoms with Crippen molar-refractivity contribution in [3.05, 3.63) is 41.2 Å². The number of aryl methyl sites for hydroxylation is 2. The van der Waals surface area contributed by atoms with E-state index in [1.54, 1.807) is 23.3 Å². The van der Waals surface area contributed by atoms with Gasteiger partial charge in [-0.05, 0) is 43.4 Å². The topological polar surface area (TPSA) is 101 Å². The van der Waals surface area contributed by atoms with E-state index in [-0.39, 0.29) is 5.91 Å². The standard InChI is InChI=1S/C18H21N5O3/c1-23(11-14-12-5-2-6-13(12)20-21-14)17(24)9-3-8-16-19-18(22-26-16)15-7-4-10-25-15/h4,7,10H,2-3,5-6,8-9,11H2,1H3,(H,20,21). The summed E-state index contributed by atoms with van der Waals surface area (Å²) >= 11 is 0. The highest BCUT2D eigenvalue weighted by atomic mass is 16.5. The number of fused-ring (bicyclic) bond motifs is 1. The Morgan fingerprint density at radius 1 is 1.38 bits per heavy atom. The molecule has 0 atom stereocenters. The molecule has 26 heavy (non-hydrogen) atoms. The summed E-state index contributed by atoms with van der Waals surface area (Å²) in [6.07, 6.45) is 6.49. The fraction of sp³-hybridized carbons (Fsp3) is 0.444. The van der Waals surface area contributed by atoms with E-state index in [9.17, 15) is 4.79 Å². The molecule has 0 saturated carbocycles. The zero-order chi connectivity index (χ0) is 17.9. The third-order valence-electron chi connectivity index (χ3n) is 4.70. The van der Waals surface area contributed by atoms with Crippen LogP contribution in [0, 0.1) is 0 Å². The van der Waals surface area contributed by atoms with Gasteiger partial charge in [0.05, 0.1) is 18.5 Å². The smallest absolute Gasteiger partial charge is 0.238 e. The second-order valence-electron chi connectivity index (χ2n) is 6.57. The number of furan rings is 1. The predicted octanol–water partition coefficient (Wildman–Crippen LogP) is 2.52. The van der Waals surface area contributed by atoms with Gasteiger partial charge in [0.25, 0.3) is 0 Å². The molecule has 0 aromatic carbocycles. The molecule has 0 bridgehead atoms. The summed E-state index contributed by atoms with van der Waals surface area (Å²) in [5.74, 6) is 1.60. The van der Waals surface area contributed by atoms with E-state index >= 15 is 0 Å². The number of nitrogens with one attached hydrogen (secondary N) is 1. The van der Waals surface area contributed by atoms with Crippen LogP contribution < -0.4 is 0 Å². The largest absolute Gasteiger partial charge is 0.461 e. The van der Waals surface area contributed by atoms with Crippen molar-refractivity contribution in [2.45, 2.75) is 45.1 Å². The van der Waals surface area contributed by atoms with Gasteiger partial charge in [0, 0.05) is 25.6 Å². The molecule has 3 aromatic heterocycles. The second kappa shape index (κ2) is 7.15. The minimum Gasteiger partial charge on any atom is -0.461 e. The van der Waals surface area contributed by atoms with Crippen LogP contribution in [0.5, 0.6) is 0 Å². The third-order valence-corrected chi connectivity index (χ3v) is 4.70. The van der Waals surface area contributed by atoms with E-state index in [0.29, 0.717) is 43.3 Å². The molecule has 0 unspecified atom stereocenters. The summed E-state index contributed by atoms with van der Waals surface area (Å²) in [6, 6.07) is 3.55. The molecular weight excluding hydrogens is 334 g/mol. The molecule has 1 amide bonds. The molecule has 136 valence electrons. The monoisotopic (exact) mass is 355 g/mol. The van der Waals surface area contributed by atoms with Crippen LogP contribution in [0.25, 0.3) is 11.6 Å². The lowest BCUT2D eigenvalue weighted by Crippen LogP contribution is -2.26. The Bertz CT molecular complexity index is 881. The first-order valence-corrected chi connectivity index (χ1v) is 8.86. The molecule has 0 aliphatic heterocycles. The maximum atomic E-state index is 12.4. The van der Waals surface area contributed by atoms with Crippen molar-refractivity contribution in [2.24, 2.45) is 0 Å². The third kappa shape index (κ3) is 3.40. The van der Waals surface area contributed by atoms with Gasteiger partial charge in [-0.25, -0.2) is 0 Å². The molecule has 8 nitrogen and oxygen atoms in total. The first-order chi connectivity index (χ1) is 12.7. The lowest BCUT2D eigenvalue weighted by atomic mass is 10.2. The van der Waals surface area contributed by atoms with Gasteiger partial charge in [-0.1, -0.05) is 5.16 Å². The second-order valence-corrected chi connectivity index (χ2v) is 6.57. The highest BCUT2D eigenvalue weighted by molar-refractivity contribution is 5.75. The fourth-order valence-corrected chi connectivity index (χ4v) is 3.28. The van der Waals surface area contributed by atoms with Gasteiger partial charge in [-0.3, -0.25) is 9.89 Å². The summed E-state index contributed by atoms with van der Waals surface area (Å²) in [4.78, 5) is 18.4. The molecule has 0 fully saturated rings. The molecule has 1 aliphatic carbocycles. The quantitative estimate of drug-likeness (QED) is 0.699. The number of aromatic nitrogens is 4. The number of aromatic amines is 1. The van der Waals surface area contributed by atoms with Crippen LogP contribution >= 0.6 is 0 Å². The summed E-state index contributed by atoms with van der Waals surface area (Å²) < 4.78 is 10.4. The molecule has 1 N–H and O–H groups in total. The molecule has 1 aliphatic rings. The van der Waals surface area contributed by atoms with Crippen molar-refractivity contribution < 1.29 is 13.7 Å². The lowest BCUT2D eigenvalue weighted by molar-refractivity contribution is -0.130. The van der Waals surface area contributed by atoms with E-state index < -0.39 is 0 Å². The van der Waals surface area contributed by atoms with E-state index in [1.807, 2.05) is 7.05 Å². The Kier molecular flexibility index (Phi) is 4.55. The van der Waals surface area contributed by atoms with Gasteiger partial charge in [0.1, 0.15) is 0 Å². The molecule has 3 aromatic rings. The molecule has 8 heteroatoms. The number of rotatable bonds is 7. The number of hydrogen-bond donors (Lipinski definition) is 1. The Hall–Kier alpha value is -2.90. The van der Waals surface area contributed by atoms with Gasteiger partial charge in [-0.15, -0.1) is 0 Å². The van der Waals surface area contributed by atoms with Crippen LogP contribution in [0.2, 0.25) is 0 Å². The van der Waals surface area contributed by atoms with Crippen LogP contribution in [0.4, 0.5) is 0 Å². The molecule has 4 rings (SSSR count). The lowest BCUT2D eigenvalue weighted by Gasteiger charge is -2.16. The summed E-state index contributed by atoms with van der Waals surface area (Å²) in [7, 11) is 1.82. The summed E-state index contributed by atoms with van der Waals surface area (Å²) in [5.41, 5.74) is 3.51. The zero-order valence-corrected chi connectivity index (χ0v) is 14.7. The van der Waals surface area contributed by atoms with Crippen molar-refractivity contribution in [1.82, 2.24) is 25.2 Å². The van der Waals surface area contributed by atoms with Crippen molar-refractivity contribution in [3.8, 4) is 11.6 Å². The van der Waals surface area contributed by atoms with Crippen LogP contribution in [0.15, 0.2) is 27.3 Å². The van der Waals surface area contributed by atoms with Crippen molar-refractivity contribution in [3.63, 3.8) is 0 Å². The van der Waals surface area contributed by atoms with Gasteiger partial charge in [-0.2, -0.15) is 10.1 Å². The maximum Gasteiger partial charge on any atom is 0.238 e. The van der Waals surface area contributed by atoms with Gasteiger partial charge >= 0.3 is 0 Å². The number of amides is 1. The molecular formula is C18H21N5O3. The predicted molar refractivity (Wildman–Crippen MR) is 92.0 cm³/mol. The van der Waals surface area contributed by atoms with Gasteiger partial charge in [0.15, 0.2) is 5.76 Å². The Balaban J connectivity index is 1.26. The summed E-state index contributed by atoms with van der Waals surface area (Å²) in [5, 5.41) is 11.3. The Morgan fingerprint density at radius 2 is 2.31 bits per heavy atom. The minimum atomic E-state index is 0.0884. The van der Waals surface area contributed by atoms with Gasteiger partial charge in [0.2, 0.25) is 17.6 Å². The number of carbonyl (C=O) groups is 1. The minimum absolute atomic E-state index is 0.0884. The SMILES string of the molecule is CN(Cc1n[nH]c2c1CCC2)C(=O)CCCc1nc(-c2ccco2)no1. The highest BCUT2D eigenvalue weighted by Crippen LogP contribution is 2.23. The number of carbonyl (C=O) groups excluding carboxylic acids is 1. The normalized spacial score (nSPS) is 13.1.